The SMILES string of the molecule is CCOC(=O)Nc1c(C=O)oc2cc(OC)c(/C(C=NC)=C/N)cc12. The van der Waals surface area contributed by atoms with Crippen molar-refractivity contribution >= 4 is 40.8 Å². The molecule has 8 heteroatoms. The molecule has 1 heterocycles. The lowest BCUT2D eigenvalue weighted by Crippen LogP contribution is -2.14. The first-order chi connectivity index (χ1) is 12.1. The third kappa shape index (κ3) is 3.63. The van der Waals surface area contributed by atoms with E-state index in [-0.39, 0.29) is 18.1 Å². The Morgan fingerprint density at radius 2 is 2.20 bits per heavy atom. The number of nitrogens with zero attached hydrogens (tertiary/aromatic N) is 1. The Bertz CT molecular complexity index is 852. The summed E-state index contributed by atoms with van der Waals surface area (Å²) < 4.78 is 15.7. The first-order valence-corrected chi connectivity index (χ1v) is 7.47. The molecule has 0 bridgehead atoms. The van der Waals surface area contributed by atoms with E-state index < -0.39 is 6.09 Å². The number of allylic oxidation sites excluding steroid dienone is 1. The third-order valence-electron chi connectivity index (χ3n) is 3.41. The van der Waals surface area contributed by atoms with Gasteiger partial charge in [-0.15, -0.1) is 0 Å². The topological polar surface area (TPSA) is 116 Å². The predicted octanol–water partition coefficient (Wildman–Crippen LogP) is 2.82. The zero-order valence-electron chi connectivity index (χ0n) is 14.2. The summed E-state index contributed by atoms with van der Waals surface area (Å²) in [5.74, 6) is 0.461. The van der Waals surface area contributed by atoms with Crippen LogP contribution in [0.2, 0.25) is 0 Å². The number of nitrogens with one attached hydrogen (secondary N) is 1. The number of carbonyl (C=O) groups excluding carboxylic acids is 2. The van der Waals surface area contributed by atoms with Gasteiger partial charge in [0, 0.05) is 42.1 Å². The van der Waals surface area contributed by atoms with Gasteiger partial charge >= 0.3 is 6.09 Å². The average Bonchev–Trinajstić information content (AvgIpc) is 2.95. The number of aldehydes is 1. The molecule has 0 saturated heterocycles. The number of furan rings is 1. The molecule has 0 aliphatic carbocycles. The zero-order valence-corrected chi connectivity index (χ0v) is 14.2. The summed E-state index contributed by atoms with van der Waals surface area (Å²) in [5.41, 5.74) is 7.51. The van der Waals surface area contributed by atoms with Crippen LogP contribution >= 0.6 is 0 Å². The zero-order chi connectivity index (χ0) is 18.4. The van der Waals surface area contributed by atoms with Gasteiger partial charge in [-0.05, 0) is 13.0 Å². The van der Waals surface area contributed by atoms with Crippen molar-refractivity contribution in [2.45, 2.75) is 6.92 Å². The van der Waals surface area contributed by atoms with Gasteiger partial charge in [-0.2, -0.15) is 0 Å². The summed E-state index contributed by atoms with van der Waals surface area (Å²) in [4.78, 5) is 27.0. The molecule has 0 atom stereocenters. The van der Waals surface area contributed by atoms with E-state index in [1.54, 1.807) is 32.3 Å². The average molecular weight is 345 g/mol. The molecule has 2 rings (SSSR count). The smallest absolute Gasteiger partial charge is 0.411 e. The lowest BCUT2D eigenvalue weighted by Gasteiger charge is -2.09. The van der Waals surface area contributed by atoms with Crippen LogP contribution in [0, 0.1) is 0 Å². The monoisotopic (exact) mass is 345 g/mol. The maximum absolute atomic E-state index is 11.8. The van der Waals surface area contributed by atoms with E-state index in [1.165, 1.54) is 13.3 Å². The molecular weight excluding hydrogens is 326 g/mol. The molecule has 0 aliphatic rings. The second-order valence-corrected chi connectivity index (χ2v) is 4.86. The molecule has 0 fully saturated rings. The van der Waals surface area contributed by atoms with Gasteiger partial charge in [-0.25, -0.2) is 4.79 Å². The minimum Gasteiger partial charge on any atom is -0.496 e. The second kappa shape index (κ2) is 8.00. The van der Waals surface area contributed by atoms with E-state index in [1.807, 2.05) is 0 Å². The van der Waals surface area contributed by atoms with E-state index in [4.69, 9.17) is 19.6 Å². The van der Waals surface area contributed by atoms with Crippen LogP contribution < -0.4 is 15.8 Å². The third-order valence-corrected chi connectivity index (χ3v) is 3.41. The van der Waals surface area contributed by atoms with Crippen molar-refractivity contribution in [1.82, 2.24) is 0 Å². The Balaban J connectivity index is 2.68. The van der Waals surface area contributed by atoms with E-state index >= 15 is 0 Å². The minimum absolute atomic E-state index is 0.0234. The summed E-state index contributed by atoms with van der Waals surface area (Å²) in [6.45, 7) is 1.88. The van der Waals surface area contributed by atoms with Gasteiger partial charge in [0.2, 0.25) is 0 Å². The van der Waals surface area contributed by atoms with Crippen molar-refractivity contribution in [3.63, 3.8) is 0 Å². The largest absolute Gasteiger partial charge is 0.496 e. The van der Waals surface area contributed by atoms with Crippen molar-refractivity contribution < 1.29 is 23.5 Å². The molecular formula is C17H19N3O5. The van der Waals surface area contributed by atoms with Crippen LogP contribution in [0.25, 0.3) is 16.5 Å². The number of hydrogen-bond donors (Lipinski definition) is 2. The molecule has 1 aromatic heterocycles. The van der Waals surface area contributed by atoms with Crippen LogP contribution in [0.4, 0.5) is 10.5 Å². The van der Waals surface area contributed by atoms with Crippen molar-refractivity contribution in [3.8, 4) is 5.75 Å². The molecule has 25 heavy (non-hydrogen) atoms. The normalized spacial score (nSPS) is 11.7. The molecule has 1 amide bonds. The number of carbonyl (C=O) groups is 2. The number of aliphatic imine (C=N–C) groups is 1. The van der Waals surface area contributed by atoms with Crippen LogP contribution in [0.1, 0.15) is 23.0 Å². The fourth-order valence-corrected chi connectivity index (χ4v) is 2.36. The van der Waals surface area contributed by atoms with Crippen molar-refractivity contribution in [2.75, 3.05) is 26.1 Å². The highest BCUT2D eigenvalue weighted by Crippen LogP contribution is 2.37. The highest BCUT2D eigenvalue weighted by Gasteiger charge is 2.20. The minimum atomic E-state index is -0.685. The molecule has 132 valence electrons. The van der Waals surface area contributed by atoms with E-state index in [9.17, 15) is 9.59 Å². The van der Waals surface area contributed by atoms with E-state index in [0.29, 0.717) is 34.1 Å². The molecule has 1 aromatic carbocycles. The Morgan fingerprint density at radius 1 is 1.44 bits per heavy atom. The summed E-state index contributed by atoms with van der Waals surface area (Å²) in [6, 6.07) is 3.31. The number of hydrogen-bond acceptors (Lipinski definition) is 7. The standard InChI is InChI=1S/C17H19N3O5/c1-4-24-17(22)20-16-12-5-11(10(7-18)8-19-2)13(23-3)6-14(12)25-15(16)9-21/h5-9H,4,18H2,1-3H3,(H,20,22)/b10-7+,19-8?. The number of methoxy groups -OCH3 is 1. The first kappa shape index (κ1) is 18.1. The number of benzene rings is 1. The Kier molecular flexibility index (Phi) is 5.78. The van der Waals surface area contributed by atoms with Crippen LogP contribution in [-0.2, 0) is 4.74 Å². The number of nitrogens with two attached hydrogens (primary N) is 1. The maximum atomic E-state index is 11.8. The first-order valence-electron chi connectivity index (χ1n) is 7.47. The quantitative estimate of drug-likeness (QED) is 0.614. The summed E-state index contributed by atoms with van der Waals surface area (Å²) in [5, 5.41) is 3.04. The van der Waals surface area contributed by atoms with Crippen LogP contribution in [0.5, 0.6) is 5.75 Å². The fourth-order valence-electron chi connectivity index (χ4n) is 2.36. The lowest BCUT2D eigenvalue weighted by atomic mass is 10.0. The van der Waals surface area contributed by atoms with Crippen LogP contribution in [-0.4, -0.2) is 39.4 Å². The van der Waals surface area contributed by atoms with Crippen molar-refractivity contribution in [1.29, 1.82) is 0 Å². The number of amides is 1. The number of fused-ring (bicyclic) bond motifs is 1. The van der Waals surface area contributed by atoms with Crippen LogP contribution in [0.15, 0.2) is 27.7 Å². The van der Waals surface area contributed by atoms with E-state index in [0.717, 1.165) is 0 Å². The van der Waals surface area contributed by atoms with Crippen molar-refractivity contribution in [3.05, 3.63) is 29.7 Å². The molecule has 0 saturated carbocycles. The Hall–Kier alpha value is -3.29. The highest BCUT2D eigenvalue weighted by atomic mass is 16.5. The lowest BCUT2D eigenvalue weighted by molar-refractivity contribution is 0.110. The fraction of sp³-hybridized carbons (Fsp3) is 0.235. The number of anilines is 1. The maximum Gasteiger partial charge on any atom is 0.411 e. The molecule has 0 radical (unpaired) electrons. The summed E-state index contributed by atoms with van der Waals surface area (Å²) >= 11 is 0. The van der Waals surface area contributed by atoms with Gasteiger partial charge in [-0.1, -0.05) is 0 Å². The summed E-state index contributed by atoms with van der Waals surface area (Å²) in [7, 11) is 3.12. The van der Waals surface area contributed by atoms with Gasteiger partial charge in [0.15, 0.2) is 12.0 Å². The molecule has 0 unspecified atom stereocenters. The van der Waals surface area contributed by atoms with Gasteiger partial charge < -0.3 is 19.6 Å². The predicted molar refractivity (Wildman–Crippen MR) is 95.4 cm³/mol. The van der Waals surface area contributed by atoms with Gasteiger partial charge in [0.25, 0.3) is 0 Å². The van der Waals surface area contributed by atoms with Crippen molar-refractivity contribution in [2.24, 2.45) is 10.7 Å². The molecule has 3 N–H and O–H groups in total. The Labute approximate surface area is 144 Å². The van der Waals surface area contributed by atoms with Gasteiger partial charge in [0.1, 0.15) is 17.0 Å². The molecule has 8 nitrogen and oxygen atoms in total. The van der Waals surface area contributed by atoms with Gasteiger partial charge in [-0.3, -0.25) is 15.1 Å². The molecule has 2 aromatic rings. The highest BCUT2D eigenvalue weighted by molar-refractivity contribution is 6.13. The van der Waals surface area contributed by atoms with Gasteiger partial charge in [0.05, 0.1) is 13.7 Å². The second-order valence-electron chi connectivity index (χ2n) is 4.86. The molecule has 0 aliphatic heterocycles. The summed E-state index contributed by atoms with van der Waals surface area (Å²) in [6.07, 6.45) is 2.79. The van der Waals surface area contributed by atoms with E-state index in [2.05, 4.69) is 10.3 Å². The number of ether oxygens (including phenoxy) is 2. The number of rotatable bonds is 6. The molecule has 0 spiro atoms. The van der Waals surface area contributed by atoms with Crippen LogP contribution in [0.3, 0.4) is 0 Å². The Morgan fingerprint density at radius 3 is 2.76 bits per heavy atom.